The third-order valence-corrected chi connectivity index (χ3v) is 10.9. The molecule has 0 saturated heterocycles. The number of hydrogen-bond donors (Lipinski definition) is 0. The fourth-order valence-corrected chi connectivity index (χ4v) is 9.75. The van der Waals surface area contributed by atoms with Gasteiger partial charge in [0.25, 0.3) is 8.32 Å². The minimum Gasteiger partial charge on any atom is -0.542 e. The summed E-state index contributed by atoms with van der Waals surface area (Å²) in [6.45, 7) is 15.8. The number of benzene rings is 1. The Labute approximate surface area is 138 Å². The SMILES string of the molecule is Cc1cc(Br)cc(Cl)c1O[Si](C(C)C)(C(C)C)C(C)C. The number of aryl methyl sites for hydroxylation is 1. The summed E-state index contributed by atoms with van der Waals surface area (Å²) < 4.78 is 7.69. The van der Waals surface area contributed by atoms with Crippen molar-refractivity contribution in [2.75, 3.05) is 0 Å². The number of hydrogen-bond acceptors (Lipinski definition) is 1. The van der Waals surface area contributed by atoms with Gasteiger partial charge in [-0.3, -0.25) is 0 Å². The Morgan fingerprint density at radius 3 is 1.80 bits per heavy atom. The van der Waals surface area contributed by atoms with Crippen LogP contribution in [0.4, 0.5) is 0 Å². The van der Waals surface area contributed by atoms with Crippen LogP contribution >= 0.6 is 27.5 Å². The molecule has 0 heterocycles. The van der Waals surface area contributed by atoms with Crippen molar-refractivity contribution in [2.45, 2.75) is 65.1 Å². The van der Waals surface area contributed by atoms with Crippen molar-refractivity contribution in [1.82, 2.24) is 0 Å². The van der Waals surface area contributed by atoms with E-state index in [0.29, 0.717) is 21.6 Å². The average molecular weight is 378 g/mol. The molecule has 0 aromatic heterocycles. The van der Waals surface area contributed by atoms with Gasteiger partial charge in [-0.25, -0.2) is 0 Å². The molecule has 0 bridgehead atoms. The minimum atomic E-state index is -1.95. The van der Waals surface area contributed by atoms with Gasteiger partial charge in [0.1, 0.15) is 5.75 Å². The zero-order valence-corrected chi connectivity index (χ0v) is 16.9. The van der Waals surface area contributed by atoms with Crippen molar-refractivity contribution in [3.63, 3.8) is 0 Å². The molecule has 0 radical (unpaired) electrons. The molecule has 1 aromatic carbocycles. The predicted molar refractivity (Wildman–Crippen MR) is 95.6 cm³/mol. The van der Waals surface area contributed by atoms with Gasteiger partial charge in [-0.2, -0.15) is 0 Å². The molecule has 0 atom stereocenters. The van der Waals surface area contributed by atoms with Crippen LogP contribution in [0, 0.1) is 6.92 Å². The first-order valence-corrected chi connectivity index (χ1v) is 10.6. The van der Waals surface area contributed by atoms with Crippen LogP contribution in [0.5, 0.6) is 5.75 Å². The van der Waals surface area contributed by atoms with E-state index < -0.39 is 8.32 Å². The smallest absolute Gasteiger partial charge is 0.258 e. The van der Waals surface area contributed by atoms with Crippen molar-refractivity contribution in [3.8, 4) is 5.75 Å². The van der Waals surface area contributed by atoms with E-state index in [9.17, 15) is 0 Å². The maximum atomic E-state index is 6.69. The van der Waals surface area contributed by atoms with E-state index in [1.165, 1.54) is 0 Å². The molecule has 0 saturated carbocycles. The molecular weight excluding hydrogens is 352 g/mol. The zero-order chi connectivity index (χ0) is 15.7. The van der Waals surface area contributed by atoms with E-state index in [-0.39, 0.29) is 0 Å². The Hall–Kier alpha value is 0.00688. The summed E-state index contributed by atoms with van der Waals surface area (Å²) in [5.74, 6) is 0.873. The lowest BCUT2D eigenvalue weighted by molar-refractivity contribution is 0.477. The van der Waals surface area contributed by atoms with E-state index in [2.05, 4.69) is 70.5 Å². The van der Waals surface area contributed by atoms with Gasteiger partial charge in [-0.15, -0.1) is 0 Å². The van der Waals surface area contributed by atoms with Crippen LogP contribution in [0.15, 0.2) is 16.6 Å². The first-order valence-electron chi connectivity index (χ1n) is 7.27. The maximum absolute atomic E-state index is 6.69. The standard InChI is InChI=1S/C16H26BrClOSi/c1-10(2)20(11(3)4,12(5)6)19-16-13(7)8-14(17)9-15(16)18/h8-12H,1-7H3. The van der Waals surface area contributed by atoms with Gasteiger partial charge in [0.05, 0.1) is 5.02 Å². The largest absolute Gasteiger partial charge is 0.542 e. The van der Waals surface area contributed by atoms with E-state index in [1.807, 2.05) is 6.07 Å². The lowest BCUT2D eigenvalue weighted by Gasteiger charge is -2.42. The lowest BCUT2D eigenvalue weighted by atomic mass is 10.2. The highest BCUT2D eigenvalue weighted by molar-refractivity contribution is 9.10. The first-order chi connectivity index (χ1) is 9.12. The molecule has 4 heteroatoms. The Balaban J connectivity index is 3.34. The molecule has 0 aliphatic carbocycles. The van der Waals surface area contributed by atoms with E-state index >= 15 is 0 Å². The molecule has 0 aliphatic heterocycles. The maximum Gasteiger partial charge on any atom is 0.258 e. The molecule has 0 amide bonds. The molecular formula is C16H26BrClOSi. The topological polar surface area (TPSA) is 9.23 Å². The van der Waals surface area contributed by atoms with Gasteiger partial charge in [0.2, 0.25) is 0 Å². The van der Waals surface area contributed by atoms with Crippen LogP contribution in [-0.2, 0) is 0 Å². The van der Waals surface area contributed by atoms with E-state index in [1.54, 1.807) is 0 Å². The Morgan fingerprint density at radius 2 is 1.45 bits per heavy atom. The molecule has 1 nitrogen and oxygen atoms in total. The van der Waals surface area contributed by atoms with Gasteiger partial charge in [-0.05, 0) is 41.2 Å². The second-order valence-electron chi connectivity index (χ2n) is 6.45. The van der Waals surface area contributed by atoms with Crippen molar-refractivity contribution in [2.24, 2.45) is 0 Å². The Kier molecular flexibility index (Phi) is 6.18. The summed E-state index contributed by atoms with van der Waals surface area (Å²) in [6, 6.07) is 3.99. The molecule has 0 fully saturated rings. The summed E-state index contributed by atoms with van der Waals surface area (Å²) in [7, 11) is -1.95. The highest BCUT2D eigenvalue weighted by Crippen LogP contribution is 2.45. The van der Waals surface area contributed by atoms with Crippen LogP contribution in [0.3, 0.4) is 0 Å². The van der Waals surface area contributed by atoms with Crippen LogP contribution in [0.1, 0.15) is 47.1 Å². The van der Waals surface area contributed by atoms with Crippen LogP contribution in [-0.4, -0.2) is 8.32 Å². The molecule has 1 rings (SSSR count). The summed E-state index contributed by atoms with van der Waals surface area (Å²) >= 11 is 9.91. The highest BCUT2D eigenvalue weighted by atomic mass is 79.9. The second-order valence-corrected chi connectivity index (χ2v) is 13.2. The molecule has 0 N–H and O–H groups in total. The molecule has 0 aliphatic rings. The van der Waals surface area contributed by atoms with Gasteiger partial charge >= 0.3 is 0 Å². The minimum absolute atomic E-state index is 0.543. The van der Waals surface area contributed by atoms with Crippen LogP contribution in [0.25, 0.3) is 0 Å². The third kappa shape index (κ3) is 3.42. The van der Waals surface area contributed by atoms with Crippen molar-refractivity contribution >= 4 is 35.8 Å². The van der Waals surface area contributed by atoms with Crippen molar-refractivity contribution in [1.29, 1.82) is 0 Å². The van der Waals surface area contributed by atoms with Gasteiger partial charge in [0.15, 0.2) is 0 Å². The number of rotatable bonds is 5. The fraction of sp³-hybridized carbons (Fsp3) is 0.625. The van der Waals surface area contributed by atoms with E-state index in [4.69, 9.17) is 16.0 Å². The summed E-state index contributed by atoms with van der Waals surface area (Å²) in [5, 5.41) is 0.704. The van der Waals surface area contributed by atoms with Gasteiger partial charge in [-0.1, -0.05) is 69.1 Å². The zero-order valence-electron chi connectivity index (χ0n) is 13.6. The normalized spacial score (nSPS) is 12.6. The van der Waals surface area contributed by atoms with Crippen LogP contribution < -0.4 is 4.43 Å². The quantitative estimate of drug-likeness (QED) is 0.503. The Morgan fingerprint density at radius 1 is 1.00 bits per heavy atom. The second kappa shape index (κ2) is 6.84. The fourth-order valence-electron chi connectivity index (χ4n) is 3.35. The monoisotopic (exact) mass is 376 g/mol. The molecule has 1 aromatic rings. The van der Waals surface area contributed by atoms with Crippen LogP contribution in [0.2, 0.25) is 21.6 Å². The summed E-state index contributed by atoms with van der Waals surface area (Å²) in [4.78, 5) is 0. The summed E-state index contributed by atoms with van der Waals surface area (Å²) in [5.41, 5.74) is 2.73. The number of halogens is 2. The predicted octanol–water partition coefficient (Wildman–Crippen LogP) is 6.97. The third-order valence-electron chi connectivity index (χ3n) is 4.18. The first kappa shape index (κ1) is 18.1. The molecule has 0 spiro atoms. The molecule has 114 valence electrons. The summed E-state index contributed by atoms with van der Waals surface area (Å²) in [6.07, 6.45) is 0. The molecule has 0 unspecified atom stereocenters. The highest BCUT2D eigenvalue weighted by Gasteiger charge is 2.47. The van der Waals surface area contributed by atoms with E-state index in [0.717, 1.165) is 15.8 Å². The average Bonchev–Trinajstić information content (AvgIpc) is 2.26. The van der Waals surface area contributed by atoms with Crippen molar-refractivity contribution < 1.29 is 4.43 Å². The molecule has 20 heavy (non-hydrogen) atoms. The lowest BCUT2D eigenvalue weighted by Crippen LogP contribution is -2.50. The van der Waals surface area contributed by atoms with Crippen molar-refractivity contribution in [3.05, 3.63) is 27.2 Å². The van der Waals surface area contributed by atoms with Gasteiger partial charge < -0.3 is 4.43 Å². The Bertz CT molecular complexity index is 427. The van der Waals surface area contributed by atoms with Gasteiger partial charge in [0, 0.05) is 4.47 Å².